The largest absolute Gasteiger partial charge is 0.383 e. The summed E-state index contributed by atoms with van der Waals surface area (Å²) in [4.78, 5) is 0. The first-order chi connectivity index (χ1) is 7.77. The maximum Gasteiger partial charge on any atom is 0.125 e. The molecule has 1 aliphatic carbocycles. The lowest BCUT2D eigenvalue weighted by Crippen LogP contribution is -2.35. The Balaban J connectivity index is 1.96. The lowest BCUT2D eigenvalue weighted by Gasteiger charge is -2.29. The van der Waals surface area contributed by atoms with Gasteiger partial charge in [-0.1, -0.05) is 12.8 Å². The molecule has 1 heterocycles. The zero-order valence-electron chi connectivity index (χ0n) is 9.35. The molecule has 2 aliphatic rings. The zero-order valence-corrected chi connectivity index (χ0v) is 9.35. The summed E-state index contributed by atoms with van der Waals surface area (Å²) < 4.78 is 13.2. The molecule has 16 heavy (non-hydrogen) atoms. The Labute approximate surface area is 95.2 Å². The number of halogens is 1. The van der Waals surface area contributed by atoms with Crippen LogP contribution in [-0.4, -0.2) is 12.1 Å². The van der Waals surface area contributed by atoms with Crippen molar-refractivity contribution in [3.63, 3.8) is 0 Å². The van der Waals surface area contributed by atoms with Gasteiger partial charge in [-0.25, -0.2) is 4.39 Å². The second-order valence-corrected chi connectivity index (χ2v) is 4.98. The maximum absolute atomic E-state index is 13.2. The average molecular weight is 220 g/mol. The van der Waals surface area contributed by atoms with E-state index < -0.39 is 0 Å². The Morgan fingerprint density at radius 1 is 1.06 bits per heavy atom. The van der Waals surface area contributed by atoms with Crippen LogP contribution in [0.1, 0.15) is 32.1 Å². The first-order valence-electron chi connectivity index (χ1n) is 6.09. The summed E-state index contributed by atoms with van der Waals surface area (Å²) in [5.41, 5.74) is 2.18. The van der Waals surface area contributed by atoms with Crippen molar-refractivity contribution in [2.45, 2.75) is 37.6 Å². The molecule has 1 aliphatic heterocycles. The topological polar surface area (TPSA) is 24.1 Å². The minimum atomic E-state index is -0.164. The van der Waals surface area contributed by atoms with Crippen LogP contribution in [0.2, 0.25) is 0 Å². The molecule has 2 N–H and O–H groups in total. The Bertz CT molecular complexity index is 397. The number of hydrogen-bond acceptors (Lipinski definition) is 2. The first-order valence-corrected chi connectivity index (χ1v) is 6.09. The molecular weight excluding hydrogens is 203 g/mol. The molecule has 1 saturated carbocycles. The second kappa shape index (κ2) is 3.65. The summed E-state index contributed by atoms with van der Waals surface area (Å²) in [7, 11) is 0. The first kappa shape index (κ1) is 9.94. The van der Waals surface area contributed by atoms with E-state index in [-0.39, 0.29) is 11.4 Å². The van der Waals surface area contributed by atoms with E-state index in [2.05, 4.69) is 10.6 Å². The van der Waals surface area contributed by atoms with E-state index in [0.717, 1.165) is 24.3 Å². The van der Waals surface area contributed by atoms with E-state index >= 15 is 0 Å². The van der Waals surface area contributed by atoms with E-state index in [0.29, 0.717) is 0 Å². The molecule has 1 spiro atoms. The van der Waals surface area contributed by atoms with Gasteiger partial charge in [-0.3, -0.25) is 0 Å². The minimum Gasteiger partial charge on any atom is -0.383 e. The van der Waals surface area contributed by atoms with Crippen LogP contribution >= 0.6 is 0 Å². The number of nitrogens with one attached hydrogen (secondary N) is 2. The standard InChI is InChI=1S/C13H17FN2/c14-10-3-4-11-12(9-10)16-13(7-8-15-11)5-1-2-6-13/h3-4,9,15-16H,1-2,5-8H2. The summed E-state index contributed by atoms with van der Waals surface area (Å²) >= 11 is 0. The van der Waals surface area contributed by atoms with Crippen LogP contribution in [-0.2, 0) is 0 Å². The summed E-state index contributed by atoms with van der Waals surface area (Å²) in [5, 5.41) is 6.95. The van der Waals surface area contributed by atoms with Gasteiger partial charge in [-0.2, -0.15) is 0 Å². The highest BCUT2D eigenvalue weighted by Gasteiger charge is 2.35. The molecule has 0 unspecified atom stereocenters. The predicted molar refractivity (Wildman–Crippen MR) is 64.3 cm³/mol. The third-order valence-corrected chi connectivity index (χ3v) is 3.86. The fourth-order valence-electron chi connectivity index (χ4n) is 2.99. The average Bonchev–Trinajstić information content (AvgIpc) is 2.61. The third-order valence-electron chi connectivity index (χ3n) is 3.86. The molecule has 1 aromatic rings. The third kappa shape index (κ3) is 1.64. The van der Waals surface area contributed by atoms with Gasteiger partial charge in [0.05, 0.1) is 11.4 Å². The summed E-state index contributed by atoms with van der Waals surface area (Å²) in [5.74, 6) is -0.164. The summed E-state index contributed by atoms with van der Waals surface area (Å²) in [6.45, 7) is 0.978. The van der Waals surface area contributed by atoms with Crippen molar-refractivity contribution in [1.29, 1.82) is 0 Å². The van der Waals surface area contributed by atoms with Crippen LogP contribution in [0.15, 0.2) is 18.2 Å². The predicted octanol–water partition coefficient (Wildman–Crippen LogP) is 3.37. The molecule has 0 atom stereocenters. The van der Waals surface area contributed by atoms with E-state index in [1.54, 1.807) is 6.07 Å². The lowest BCUT2D eigenvalue weighted by atomic mass is 9.93. The lowest BCUT2D eigenvalue weighted by molar-refractivity contribution is 0.461. The smallest absolute Gasteiger partial charge is 0.125 e. The summed E-state index contributed by atoms with van der Waals surface area (Å²) in [6, 6.07) is 4.94. The highest BCUT2D eigenvalue weighted by atomic mass is 19.1. The number of benzene rings is 1. The van der Waals surface area contributed by atoms with Crippen LogP contribution in [0.4, 0.5) is 15.8 Å². The monoisotopic (exact) mass is 220 g/mol. The number of fused-ring (bicyclic) bond motifs is 1. The van der Waals surface area contributed by atoms with Crippen molar-refractivity contribution in [2.75, 3.05) is 17.2 Å². The quantitative estimate of drug-likeness (QED) is 0.700. The molecule has 1 fully saturated rings. The molecule has 0 saturated heterocycles. The van der Waals surface area contributed by atoms with Crippen molar-refractivity contribution in [2.24, 2.45) is 0 Å². The second-order valence-electron chi connectivity index (χ2n) is 4.98. The molecule has 86 valence electrons. The van der Waals surface area contributed by atoms with Gasteiger partial charge >= 0.3 is 0 Å². The van der Waals surface area contributed by atoms with Crippen LogP contribution < -0.4 is 10.6 Å². The minimum absolute atomic E-state index is 0.164. The van der Waals surface area contributed by atoms with Gasteiger partial charge in [-0.05, 0) is 37.5 Å². The van der Waals surface area contributed by atoms with Crippen LogP contribution in [0, 0.1) is 5.82 Å². The normalized spacial score (nSPS) is 22.1. The molecule has 3 rings (SSSR count). The number of hydrogen-bond donors (Lipinski definition) is 2. The molecule has 2 nitrogen and oxygen atoms in total. The van der Waals surface area contributed by atoms with Gasteiger partial charge < -0.3 is 10.6 Å². The Morgan fingerprint density at radius 3 is 2.69 bits per heavy atom. The van der Waals surface area contributed by atoms with Crippen LogP contribution in [0.5, 0.6) is 0 Å². The maximum atomic E-state index is 13.2. The fraction of sp³-hybridized carbons (Fsp3) is 0.538. The molecular formula is C13H17FN2. The van der Waals surface area contributed by atoms with E-state index in [4.69, 9.17) is 0 Å². The van der Waals surface area contributed by atoms with Gasteiger partial charge in [0.1, 0.15) is 5.82 Å². The SMILES string of the molecule is Fc1ccc2c(c1)NC1(CCCC1)CCN2. The summed E-state index contributed by atoms with van der Waals surface area (Å²) in [6.07, 6.45) is 6.13. The Morgan fingerprint density at radius 2 is 1.88 bits per heavy atom. The fourth-order valence-corrected chi connectivity index (χ4v) is 2.99. The number of rotatable bonds is 0. The Kier molecular flexibility index (Phi) is 2.27. The van der Waals surface area contributed by atoms with Gasteiger partial charge in [0.15, 0.2) is 0 Å². The van der Waals surface area contributed by atoms with Gasteiger partial charge in [0, 0.05) is 12.1 Å². The van der Waals surface area contributed by atoms with Gasteiger partial charge in [-0.15, -0.1) is 0 Å². The highest BCUT2D eigenvalue weighted by Crippen LogP contribution is 2.39. The molecule has 3 heteroatoms. The zero-order chi connectivity index (χ0) is 11.0. The van der Waals surface area contributed by atoms with Crippen LogP contribution in [0.25, 0.3) is 0 Å². The molecule has 0 radical (unpaired) electrons. The van der Waals surface area contributed by atoms with E-state index in [1.807, 2.05) is 6.07 Å². The van der Waals surface area contributed by atoms with Crippen molar-refractivity contribution in [1.82, 2.24) is 0 Å². The van der Waals surface area contributed by atoms with E-state index in [1.165, 1.54) is 31.7 Å². The van der Waals surface area contributed by atoms with Gasteiger partial charge in [0.2, 0.25) is 0 Å². The van der Waals surface area contributed by atoms with Crippen molar-refractivity contribution < 1.29 is 4.39 Å². The van der Waals surface area contributed by atoms with E-state index in [9.17, 15) is 4.39 Å². The molecule has 0 aromatic heterocycles. The van der Waals surface area contributed by atoms with Crippen molar-refractivity contribution in [3.8, 4) is 0 Å². The van der Waals surface area contributed by atoms with Crippen molar-refractivity contribution in [3.05, 3.63) is 24.0 Å². The molecule has 0 bridgehead atoms. The van der Waals surface area contributed by atoms with Crippen molar-refractivity contribution >= 4 is 11.4 Å². The number of anilines is 2. The van der Waals surface area contributed by atoms with Crippen LogP contribution in [0.3, 0.4) is 0 Å². The molecule has 1 aromatic carbocycles. The highest BCUT2D eigenvalue weighted by molar-refractivity contribution is 5.70. The Hall–Kier alpha value is -1.25. The molecule has 0 amide bonds. The van der Waals surface area contributed by atoms with Gasteiger partial charge in [0.25, 0.3) is 0 Å².